The first-order valence-corrected chi connectivity index (χ1v) is 10.9. The van der Waals surface area contributed by atoms with Crippen molar-refractivity contribution in [3.8, 4) is 11.5 Å². The fourth-order valence-corrected chi connectivity index (χ4v) is 4.91. The number of amides is 1. The lowest BCUT2D eigenvalue weighted by Crippen LogP contribution is -2.50. The van der Waals surface area contributed by atoms with E-state index in [-0.39, 0.29) is 10.8 Å². The smallest absolute Gasteiger partial charge is 0.243 e. The third kappa shape index (κ3) is 4.71. The molecule has 0 N–H and O–H groups in total. The Balaban J connectivity index is 1.57. The molecule has 0 radical (unpaired) electrons. The standard InChI is InChI=1S/C21H26N2O5S/c1-27-19-10-6-7-17(21(19)28-2)11-12-20(24)22-13-15-23(16-14-22)29(25,26)18-8-4-3-5-9-18/h3-10H,11-16H2,1-2H3. The van der Waals surface area contributed by atoms with Gasteiger partial charge in [0.2, 0.25) is 15.9 Å². The topological polar surface area (TPSA) is 76.2 Å². The van der Waals surface area contributed by atoms with Gasteiger partial charge >= 0.3 is 0 Å². The summed E-state index contributed by atoms with van der Waals surface area (Å²) < 4.78 is 37.6. The molecular weight excluding hydrogens is 392 g/mol. The van der Waals surface area contributed by atoms with Gasteiger partial charge in [-0.25, -0.2) is 8.42 Å². The van der Waals surface area contributed by atoms with Gasteiger partial charge in [0.1, 0.15) is 0 Å². The molecule has 0 atom stereocenters. The number of carbonyl (C=O) groups excluding carboxylic acids is 1. The molecule has 1 fully saturated rings. The van der Waals surface area contributed by atoms with Gasteiger partial charge in [-0.3, -0.25) is 4.79 Å². The van der Waals surface area contributed by atoms with Gasteiger partial charge in [-0.1, -0.05) is 30.3 Å². The Kier molecular flexibility index (Phi) is 6.76. The van der Waals surface area contributed by atoms with Crippen LogP contribution in [0.1, 0.15) is 12.0 Å². The fraction of sp³-hybridized carbons (Fsp3) is 0.381. The quantitative estimate of drug-likeness (QED) is 0.689. The molecule has 0 spiro atoms. The number of methoxy groups -OCH3 is 2. The van der Waals surface area contributed by atoms with E-state index in [2.05, 4.69) is 0 Å². The number of hydrogen-bond acceptors (Lipinski definition) is 5. The monoisotopic (exact) mass is 418 g/mol. The van der Waals surface area contributed by atoms with Gasteiger partial charge in [-0.15, -0.1) is 0 Å². The van der Waals surface area contributed by atoms with E-state index in [1.807, 2.05) is 18.2 Å². The van der Waals surface area contributed by atoms with Gasteiger partial charge in [-0.2, -0.15) is 4.31 Å². The summed E-state index contributed by atoms with van der Waals surface area (Å²) in [6.45, 7) is 1.37. The number of nitrogens with zero attached hydrogens (tertiary/aromatic N) is 2. The van der Waals surface area contributed by atoms with E-state index in [9.17, 15) is 13.2 Å². The van der Waals surface area contributed by atoms with Gasteiger partial charge in [-0.05, 0) is 30.2 Å². The average molecular weight is 419 g/mol. The second kappa shape index (κ2) is 9.28. The van der Waals surface area contributed by atoms with Crippen molar-refractivity contribution in [2.24, 2.45) is 0 Å². The van der Waals surface area contributed by atoms with E-state index >= 15 is 0 Å². The molecule has 0 aliphatic carbocycles. The number of hydrogen-bond donors (Lipinski definition) is 0. The molecule has 1 aliphatic rings. The molecule has 2 aromatic rings. The van der Waals surface area contributed by atoms with Crippen LogP contribution >= 0.6 is 0 Å². The largest absolute Gasteiger partial charge is 0.493 e. The molecule has 3 rings (SSSR count). The lowest BCUT2D eigenvalue weighted by Gasteiger charge is -2.34. The van der Waals surface area contributed by atoms with Crippen molar-refractivity contribution in [2.75, 3.05) is 40.4 Å². The number of carbonyl (C=O) groups is 1. The first kappa shape index (κ1) is 21.1. The second-order valence-corrected chi connectivity index (χ2v) is 8.69. The van der Waals surface area contributed by atoms with E-state index in [4.69, 9.17) is 9.47 Å². The van der Waals surface area contributed by atoms with Gasteiger partial charge in [0, 0.05) is 32.6 Å². The van der Waals surface area contributed by atoms with Crippen molar-refractivity contribution in [2.45, 2.75) is 17.7 Å². The summed E-state index contributed by atoms with van der Waals surface area (Å²) in [5.74, 6) is 1.28. The van der Waals surface area contributed by atoms with Crippen LogP contribution in [0.3, 0.4) is 0 Å². The summed E-state index contributed by atoms with van der Waals surface area (Å²) in [6, 6.07) is 14.0. The maximum absolute atomic E-state index is 12.7. The van der Waals surface area contributed by atoms with Crippen LogP contribution in [-0.4, -0.2) is 63.9 Å². The van der Waals surface area contributed by atoms with E-state index in [0.717, 1.165) is 5.56 Å². The zero-order valence-corrected chi connectivity index (χ0v) is 17.5. The Hall–Kier alpha value is -2.58. The highest BCUT2D eigenvalue weighted by atomic mass is 32.2. The van der Waals surface area contributed by atoms with Crippen LogP contribution in [0.2, 0.25) is 0 Å². The normalized spacial score (nSPS) is 15.2. The SMILES string of the molecule is COc1cccc(CCC(=O)N2CCN(S(=O)(=O)c3ccccc3)CC2)c1OC. The van der Waals surface area contributed by atoms with E-state index in [1.165, 1.54) is 4.31 Å². The Bertz CT molecular complexity index is 939. The van der Waals surface area contributed by atoms with Crippen molar-refractivity contribution >= 4 is 15.9 Å². The minimum Gasteiger partial charge on any atom is -0.493 e. The Labute approximate surface area is 171 Å². The molecule has 29 heavy (non-hydrogen) atoms. The van der Waals surface area contributed by atoms with E-state index in [0.29, 0.717) is 50.5 Å². The van der Waals surface area contributed by atoms with E-state index in [1.54, 1.807) is 49.5 Å². The highest BCUT2D eigenvalue weighted by molar-refractivity contribution is 7.89. The lowest BCUT2D eigenvalue weighted by molar-refractivity contribution is -0.132. The maximum Gasteiger partial charge on any atom is 0.243 e. The third-order valence-electron chi connectivity index (χ3n) is 5.07. The summed E-state index contributed by atoms with van der Waals surface area (Å²) in [4.78, 5) is 14.6. The van der Waals surface area contributed by atoms with Crippen molar-refractivity contribution in [3.63, 3.8) is 0 Å². The Morgan fingerprint density at radius 2 is 1.62 bits per heavy atom. The highest BCUT2D eigenvalue weighted by Gasteiger charge is 2.29. The molecule has 0 saturated carbocycles. The molecule has 1 amide bonds. The predicted molar refractivity (Wildman–Crippen MR) is 110 cm³/mol. The van der Waals surface area contributed by atoms with Crippen molar-refractivity contribution in [1.29, 1.82) is 0 Å². The minimum atomic E-state index is -3.52. The van der Waals surface area contributed by atoms with Gasteiger partial charge in [0.05, 0.1) is 19.1 Å². The van der Waals surface area contributed by atoms with E-state index < -0.39 is 10.0 Å². The Morgan fingerprint density at radius 1 is 0.931 bits per heavy atom. The van der Waals surface area contributed by atoms with Crippen LogP contribution in [0.4, 0.5) is 0 Å². The Morgan fingerprint density at radius 3 is 2.24 bits per heavy atom. The third-order valence-corrected chi connectivity index (χ3v) is 6.98. The number of aryl methyl sites for hydroxylation is 1. The molecule has 0 bridgehead atoms. The fourth-order valence-electron chi connectivity index (χ4n) is 3.47. The highest BCUT2D eigenvalue weighted by Crippen LogP contribution is 2.31. The molecule has 0 unspecified atom stereocenters. The first-order chi connectivity index (χ1) is 14.0. The zero-order chi connectivity index (χ0) is 20.9. The summed E-state index contributed by atoms with van der Waals surface area (Å²) in [6.07, 6.45) is 0.858. The van der Waals surface area contributed by atoms with Crippen molar-refractivity contribution in [3.05, 3.63) is 54.1 Å². The molecule has 0 aromatic heterocycles. The molecule has 2 aromatic carbocycles. The van der Waals surface area contributed by atoms with Crippen LogP contribution in [0.15, 0.2) is 53.4 Å². The molecular formula is C21H26N2O5S. The predicted octanol–water partition coefficient (Wildman–Crippen LogP) is 2.17. The van der Waals surface area contributed by atoms with Crippen molar-refractivity contribution in [1.82, 2.24) is 9.21 Å². The number of ether oxygens (including phenoxy) is 2. The summed E-state index contributed by atoms with van der Waals surface area (Å²) in [5.41, 5.74) is 0.908. The molecule has 156 valence electrons. The van der Waals surface area contributed by atoms with Gasteiger partial charge in [0.25, 0.3) is 0 Å². The molecule has 8 heteroatoms. The minimum absolute atomic E-state index is 0.00614. The van der Waals surface area contributed by atoms with Crippen LogP contribution in [0.5, 0.6) is 11.5 Å². The van der Waals surface area contributed by atoms with Crippen LogP contribution < -0.4 is 9.47 Å². The van der Waals surface area contributed by atoms with Crippen LogP contribution in [0.25, 0.3) is 0 Å². The molecule has 1 aliphatic heterocycles. The number of sulfonamides is 1. The van der Waals surface area contributed by atoms with Gasteiger partial charge < -0.3 is 14.4 Å². The molecule has 1 saturated heterocycles. The maximum atomic E-state index is 12.7. The first-order valence-electron chi connectivity index (χ1n) is 9.50. The number of benzene rings is 2. The lowest BCUT2D eigenvalue weighted by atomic mass is 10.1. The molecule has 1 heterocycles. The second-order valence-electron chi connectivity index (χ2n) is 6.75. The average Bonchev–Trinajstić information content (AvgIpc) is 2.77. The number of rotatable bonds is 7. The van der Waals surface area contributed by atoms with Crippen LogP contribution in [0, 0.1) is 0 Å². The number of para-hydroxylation sites is 1. The summed E-state index contributed by atoms with van der Waals surface area (Å²) >= 11 is 0. The van der Waals surface area contributed by atoms with Crippen molar-refractivity contribution < 1.29 is 22.7 Å². The zero-order valence-electron chi connectivity index (χ0n) is 16.7. The summed E-state index contributed by atoms with van der Waals surface area (Å²) in [5, 5.41) is 0. The molecule has 7 nitrogen and oxygen atoms in total. The number of piperazine rings is 1. The van der Waals surface area contributed by atoms with Crippen LogP contribution in [-0.2, 0) is 21.2 Å². The summed E-state index contributed by atoms with van der Waals surface area (Å²) in [7, 11) is -0.360. The van der Waals surface area contributed by atoms with Gasteiger partial charge in [0.15, 0.2) is 11.5 Å².